The zero-order valence-electron chi connectivity index (χ0n) is 15.3. The molecule has 3 aromatic rings. The lowest BCUT2D eigenvalue weighted by molar-refractivity contribution is -0.117. The molecule has 0 radical (unpaired) electrons. The number of hydrogen-bond donors (Lipinski definition) is 1. The molecule has 1 saturated heterocycles. The van der Waals surface area contributed by atoms with Gasteiger partial charge in [0, 0.05) is 30.1 Å². The quantitative estimate of drug-likeness (QED) is 0.696. The van der Waals surface area contributed by atoms with Crippen LogP contribution >= 0.6 is 11.6 Å². The van der Waals surface area contributed by atoms with Crippen LogP contribution in [-0.2, 0) is 4.79 Å². The largest absolute Gasteiger partial charge is 0.453 e. The minimum absolute atomic E-state index is 0.0227. The average molecular weight is 409 g/mol. The first kappa shape index (κ1) is 18.9. The summed E-state index contributed by atoms with van der Waals surface area (Å²) in [6.45, 7) is 0.483. The first-order chi connectivity index (χ1) is 14.0. The number of carbonyl (C=O) groups excluding carboxylic acids is 2. The Bertz CT molecular complexity index is 1070. The molecule has 146 valence electrons. The first-order valence-electron chi connectivity index (χ1n) is 8.94. The Morgan fingerprint density at radius 2 is 1.97 bits per heavy atom. The van der Waals surface area contributed by atoms with Crippen LogP contribution in [0.5, 0.6) is 11.5 Å². The summed E-state index contributed by atoms with van der Waals surface area (Å²) in [4.78, 5) is 33.6. The molecule has 0 aliphatic carbocycles. The molecule has 8 heteroatoms. The van der Waals surface area contributed by atoms with Gasteiger partial charge in [0.1, 0.15) is 12.1 Å². The topological polar surface area (TPSA) is 98.4 Å². The summed E-state index contributed by atoms with van der Waals surface area (Å²) in [5.74, 6) is 0.357. The van der Waals surface area contributed by atoms with Gasteiger partial charge in [-0.15, -0.1) is 0 Å². The minimum Gasteiger partial charge on any atom is -0.453 e. The van der Waals surface area contributed by atoms with Gasteiger partial charge in [-0.05, 0) is 35.9 Å². The highest BCUT2D eigenvalue weighted by Gasteiger charge is 2.32. The molecule has 1 aromatic heterocycles. The maximum absolute atomic E-state index is 12.6. The number of nitrogens with two attached hydrogens (primary N) is 1. The van der Waals surface area contributed by atoms with Crippen molar-refractivity contribution in [1.29, 1.82) is 0 Å². The maximum atomic E-state index is 12.6. The van der Waals surface area contributed by atoms with Crippen molar-refractivity contribution < 1.29 is 14.3 Å². The number of amides is 2. The molecule has 2 N–H and O–H groups in total. The number of anilines is 1. The van der Waals surface area contributed by atoms with Gasteiger partial charge in [0.15, 0.2) is 5.75 Å². The number of primary amides is 1. The Morgan fingerprint density at radius 3 is 2.72 bits per heavy atom. The van der Waals surface area contributed by atoms with Crippen LogP contribution < -0.4 is 15.4 Å². The molecule has 0 bridgehead atoms. The minimum atomic E-state index is -0.528. The number of nitrogens with zero attached hydrogens (tertiary/aromatic N) is 3. The van der Waals surface area contributed by atoms with Crippen molar-refractivity contribution in [3.63, 3.8) is 0 Å². The third-order valence-corrected chi connectivity index (χ3v) is 5.07. The van der Waals surface area contributed by atoms with Gasteiger partial charge in [-0.3, -0.25) is 9.59 Å². The molecule has 1 aliphatic rings. The first-order valence-corrected chi connectivity index (χ1v) is 9.31. The summed E-state index contributed by atoms with van der Waals surface area (Å²) in [7, 11) is 0. The third kappa shape index (κ3) is 4.05. The zero-order chi connectivity index (χ0) is 20.4. The van der Waals surface area contributed by atoms with Crippen molar-refractivity contribution in [1.82, 2.24) is 9.97 Å². The number of hydrogen-bond acceptors (Lipinski definition) is 5. The number of carbonyl (C=O) groups is 2. The van der Waals surface area contributed by atoms with E-state index < -0.39 is 5.91 Å². The van der Waals surface area contributed by atoms with E-state index in [9.17, 15) is 9.59 Å². The standard InChI is InChI=1S/C21H17ClN4O3/c22-18-5-4-13(7-19(18)29-17-9-24-12-25-10-17)15-8-20(27)26(11-15)16-3-1-2-14(6-16)21(23)28/h1-7,9-10,12,15H,8,11H2,(H2,23,28)/t15-/m0/s1. The fourth-order valence-electron chi connectivity index (χ4n) is 3.32. The summed E-state index contributed by atoms with van der Waals surface area (Å²) in [5.41, 5.74) is 7.30. The van der Waals surface area contributed by atoms with Gasteiger partial charge in [0.05, 0.1) is 17.4 Å². The normalized spacial score (nSPS) is 16.1. The number of ether oxygens (including phenoxy) is 1. The van der Waals surface area contributed by atoms with Gasteiger partial charge < -0.3 is 15.4 Å². The van der Waals surface area contributed by atoms with Gasteiger partial charge in [-0.1, -0.05) is 23.7 Å². The lowest BCUT2D eigenvalue weighted by Gasteiger charge is -2.18. The summed E-state index contributed by atoms with van der Waals surface area (Å²) in [6.07, 6.45) is 4.85. The SMILES string of the molecule is NC(=O)c1cccc(N2C[C@@H](c3ccc(Cl)c(Oc4cncnc4)c3)CC2=O)c1. The predicted octanol–water partition coefficient (Wildman–Crippen LogP) is 3.54. The molecule has 0 saturated carbocycles. The van der Waals surface area contributed by atoms with E-state index in [0.29, 0.717) is 40.7 Å². The van der Waals surface area contributed by atoms with E-state index in [2.05, 4.69) is 9.97 Å². The molecule has 2 amide bonds. The molecule has 1 fully saturated rings. The molecule has 4 rings (SSSR count). The van der Waals surface area contributed by atoms with Gasteiger partial charge in [-0.2, -0.15) is 0 Å². The molecule has 0 spiro atoms. The molecule has 1 atom stereocenters. The van der Waals surface area contributed by atoms with Crippen molar-refractivity contribution in [2.75, 3.05) is 11.4 Å². The summed E-state index contributed by atoms with van der Waals surface area (Å²) in [6, 6.07) is 12.2. The van der Waals surface area contributed by atoms with Crippen molar-refractivity contribution in [3.05, 3.63) is 77.3 Å². The van der Waals surface area contributed by atoms with Crippen LogP contribution in [0, 0.1) is 0 Å². The van der Waals surface area contributed by atoms with E-state index in [-0.39, 0.29) is 11.8 Å². The smallest absolute Gasteiger partial charge is 0.248 e. The van der Waals surface area contributed by atoms with E-state index in [0.717, 1.165) is 5.56 Å². The van der Waals surface area contributed by atoms with Crippen LogP contribution in [0.15, 0.2) is 61.2 Å². The zero-order valence-corrected chi connectivity index (χ0v) is 16.0. The Labute approximate surface area is 172 Å². The van der Waals surface area contributed by atoms with Crippen LogP contribution in [0.3, 0.4) is 0 Å². The van der Waals surface area contributed by atoms with Gasteiger partial charge in [-0.25, -0.2) is 9.97 Å². The lowest BCUT2D eigenvalue weighted by Crippen LogP contribution is -2.24. The van der Waals surface area contributed by atoms with Crippen molar-refractivity contribution in [3.8, 4) is 11.5 Å². The van der Waals surface area contributed by atoms with Gasteiger partial charge in [0.2, 0.25) is 11.8 Å². The summed E-state index contributed by atoms with van der Waals surface area (Å²) >= 11 is 6.27. The highest BCUT2D eigenvalue weighted by molar-refractivity contribution is 6.32. The monoisotopic (exact) mass is 408 g/mol. The summed E-state index contributed by atoms with van der Waals surface area (Å²) < 4.78 is 5.78. The van der Waals surface area contributed by atoms with Gasteiger partial charge >= 0.3 is 0 Å². The number of rotatable bonds is 5. The Kier molecular flexibility index (Phi) is 5.14. The van der Waals surface area contributed by atoms with Crippen LogP contribution in [0.1, 0.15) is 28.3 Å². The van der Waals surface area contributed by atoms with E-state index in [1.807, 2.05) is 12.1 Å². The lowest BCUT2D eigenvalue weighted by atomic mass is 9.98. The van der Waals surface area contributed by atoms with Crippen LogP contribution in [-0.4, -0.2) is 28.3 Å². The van der Waals surface area contributed by atoms with E-state index >= 15 is 0 Å². The third-order valence-electron chi connectivity index (χ3n) is 4.76. The second-order valence-electron chi connectivity index (χ2n) is 6.69. The van der Waals surface area contributed by atoms with E-state index in [1.54, 1.807) is 47.6 Å². The van der Waals surface area contributed by atoms with Crippen LogP contribution in [0.4, 0.5) is 5.69 Å². The predicted molar refractivity (Wildman–Crippen MR) is 108 cm³/mol. The molecule has 0 unspecified atom stereocenters. The second kappa shape index (κ2) is 7.89. The summed E-state index contributed by atoms with van der Waals surface area (Å²) in [5, 5.41) is 0.452. The van der Waals surface area contributed by atoms with Crippen molar-refractivity contribution in [2.24, 2.45) is 5.73 Å². The van der Waals surface area contributed by atoms with E-state index in [1.165, 1.54) is 6.33 Å². The second-order valence-corrected chi connectivity index (χ2v) is 7.09. The Hall–Kier alpha value is -3.45. The highest BCUT2D eigenvalue weighted by atomic mass is 35.5. The van der Waals surface area contributed by atoms with Crippen molar-refractivity contribution >= 4 is 29.1 Å². The Balaban J connectivity index is 1.57. The molecular weight excluding hydrogens is 392 g/mol. The average Bonchev–Trinajstić information content (AvgIpc) is 3.12. The van der Waals surface area contributed by atoms with Crippen molar-refractivity contribution in [2.45, 2.75) is 12.3 Å². The fourth-order valence-corrected chi connectivity index (χ4v) is 3.48. The molecule has 29 heavy (non-hydrogen) atoms. The van der Waals surface area contributed by atoms with Crippen LogP contribution in [0.25, 0.3) is 0 Å². The van der Waals surface area contributed by atoms with Crippen LogP contribution in [0.2, 0.25) is 5.02 Å². The number of aromatic nitrogens is 2. The maximum Gasteiger partial charge on any atom is 0.248 e. The number of benzene rings is 2. The Morgan fingerprint density at radius 1 is 1.17 bits per heavy atom. The van der Waals surface area contributed by atoms with E-state index in [4.69, 9.17) is 22.1 Å². The molecular formula is C21H17ClN4O3. The fraction of sp³-hybridized carbons (Fsp3) is 0.143. The molecule has 1 aliphatic heterocycles. The number of halogens is 1. The van der Waals surface area contributed by atoms with Gasteiger partial charge in [0.25, 0.3) is 0 Å². The molecule has 2 heterocycles. The molecule has 7 nitrogen and oxygen atoms in total. The molecule has 2 aromatic carbocycles. The highest BCUT2D eigenvalue weighted by Crippen LogP contribution is 2.37.